The van der Waals surface area contributed by atoms with Gasteiger partial charge in [0.2, 0.25) is 0 Å². The van der Waals surface area contributed by atoms with Gasteiger partial charge in [-0.2, -0.15) is 0 Å². The number of benzene rings is 1. The van der Waals surface area contributed by atoms with Crippen LogP contribution in [0.4, 0.5) is 0 Å². The van der Waals surface area contributed by atoms with E-state index in [0.29, 0.717) is 18.8 Å². The van der Waals surface area contributed by atoms with Crippen LogP contribution in [-0.2, 0) is 4.79 Å². The molecule has 1 amide bonds. The molecule has 1 aliphatic carbocycles. The maximum absolute atomic E-state index is 12.7. The number of amides is 1. The molecular formula is C20H29ClN2O3. The lowest BCUT2D eigenvalue weighted by Crippen LogP contribution is -2.40. The fraction of sp³-hybridized carbons (Fsp3) is 0.600. The topological polar surface area (TPSA) is 69.6 Å². The van der Waals surface area contributed by atoms with Gasteiger partial charge >= 0.3 is 5.97 Å². The van der Waals surface area contributed by atoms with Crippen LogP contribution in [-0.4, -0.2) is 48.1 Å². The second-order valence-electron chi connectivity index (χ2n) is 7.41. The number of nitrogens with zero attached hydrogens (tertiary/aromatic N) is 1. The number of halogens is 1. The third kappa shape index (κ3) is 4.77. The van der Waals surface area contributed by atoms with Crippen molar-refractivity contribution in [1.29, 1.82) is 0 Å². The lowest BCUT2D eigenvalue weighted by Gasteiger charge is -2.33. The van der Waals surface area contributed by atoms with E-state index in [2.05, 4.69) is 17.4 Å². The highest BCUT2D eigenvalue weighted by molar-refractivity contribution is 5.94. The van der Waals surface area contributed by atoms with E-state index in [1.54, 1.807) is 4.90 Å². The molecule has 26 heavy (non-hydrogen) atoms. The fourth-order valence-electron chi connectivity index (χ4n) is 4.13. The number of carbonyl (C=O) groups is 2. The highest BCUT2D eigenvalue weighted by Gasteiger charge is 2.30. The van der Waals surface area contributed by atoms with Crippen molar-refractivity contribution < 1.29 is 14.7 Å². The Hall–Kier alpha value is -1.59. The first-order chi connectivity index (χ1) is 12.1. The van der Waals surface area contributed by atoms with Crippen molar-refractivity contribution in [3.05, 3.63) is 35.4 Å². The van der Waals surface area contributed by atoms with Crippen molar-refractivity contribution in [2.45, 2.75) is 50.5 Å². The monoisotopic (exact) mass is 380 g/mol. The van der Waals surface area contributed by atoms with Crippen LogP contribution >= 0.6 is 12.4 Å². The SMILES string of the molecule is CN(C(=O)c1ccc(C2CCNCC2)cc1)C1CCC(C(=O)O)CC1.Cl. The summed E-state index contributed by atoms with van der Waals surface area (Å²) in [5.74, 6) is -0.324. The second-order valence-corrected chi connectivity index (χ2v) is 7.41. The third-order valence-corrected chi connectivity index (χ3v) is 5.88. The summed E-state index contributed by atoms with van der Waals surface area (Å²) < 4.78 is 0. The number of carbonyl (C=O) groups excluding carboxylic acids is 1. The number of rotatable bonds is 4. The first kappa shape index (κ1) is 20.7. The summed E-state index contributed by atoms with van der Waals surface area (Å²) in [6.07, 6.45) is 5.16. The van der Waals surface area contributed by atoms with Gasteiger partial charge in [0.05, 0.1) is 5.92 Å². The largest absolute Gasteiger partial charge is 0.481 e. The van der Waals surface area contributed by atoms with Crippen LogP contribution in [0.2, 0.25) is 0 Å². The summed E-state index contributed by atoms with van der Waals surface area (Å²) in [5.41, 5.74) is 2.04. The molecule has 2 fully saturated rings. The zero-order valence-electron chi connectivity index (χ0n) is 15.3. The molecule has 1 saturated heterocycles. The van der Waals surface area contributed by atoms with Crippen LogP contribution in [0.25, 0.3) is 0 Å². The van der Waals surface area contributed by atoms with E-state index in [1.807, 2.05) is 19.2 Å². The lowest BCUT2D eigenvalue weighted by atomic mass is 9.85. The van der Waals surface area contributed by atoms with Gasteiger partial charge in [-0.05, 0) is 75.2 Å². The Morgan fingerprint density at radius 3 is 2.12 bits per heavy atom. The molecule has 144 valence electrons. The number of hydrogen-bond acceptors (Lipinski definition) is 3. The number of piperidine rings is 1. The molecule has 1 aromatic rings. The van der Waals surface area contributed by atoms with Crippen LogP contribution in [0, 0.1) is 5.92 Å². The van der Waals surface area contributed by atoms with E-state index in [9.17, 15) is 9.59 Å². The number of carboxylic acids is 1. The van der Waals surface area contributed by atoms with Crippen LogP contribution in [0.5, 0.6) is 0 Å². The van der Waals surface area contributed by atoms with Crippen molar-refractivity contribution in [3.8, 4) is 0 Å². The third-order valence-electron chi connectivity index (χ3n) is 5.88. The van der Waals surface area contributed by atoms with Gasteiger partial charge in [0, 0.05) is 18.7 Å². The van der Waals surface area contributed by atoms with Gasteiger partial charge < -0.3 is 15.3 Å². The lowest BCUT2D eigenvalue weighted by molar-refractivity contribution is -0.143. The number of aliphatic carboxylic acids is 1. The Labute approximate surface area is 161 Å². The molecule has 6 heteroatoms. The van der Waals surface area contributed by atoms with Crippen molar-refractivity contribution in [3.63, 3.8) is 0 Å². The predicted octanol–water partition coefficient (Wildman–Crippen LogP) is 3.29. The first-order valence-electron chi connectivity index (χ1n) is 9.37. The van der Waals surface area contributed by atoms with Gasteiger partial charge in [0.1, 0.15) is 0 Å². The molecule has 1 aromatic carbocycles. The minimum absolute atomic E-state index is 0. The Morgan fingerprint density at radius 1 is 1.00 bits per heavy atom. The summed E-state index contributed by atoms with van der Waals surface area (Å²) in [7, 11) is 1.84. The van der Waals surface area contributed by atoms with Crippen molar-refractivity contribution in [2.24, 2.45) is 5.92 Å². The van der Waals surface area contributed by atoms with E-state index >= 15 is 0 Å². The molecule has 0 bridgehead atoms. The summed E-state index contributed by atoms with van der Waals surface area (Å²) in [4.78, 5) is 25.6. The zero-order valence-corrected chi connectivity index (χ0v) is 16.1. The maximum Gasteiger partial charge on any atom is 0.306 e. The van der Waals surface area contributed by atoms with Gasteiger partial charge in [-0.1, -0.05) is 12.1 Å². The molecule has 2 aliphatic rings. The van der Waals surface area contributed by atoms with Gasteiger partial charge in [0.15, 0.2) is 0 Å². The second kappa shape index (κ2) is 9.38. The standard InChI is InChI=1S/C20H28N2O3.ClH/c1-22(18-8-6-17(7-9-18)20(24)25)19(23)16-4-2-14(3-5-16)15-10-12-21-13-11-15;/h2-5,15,17-18,21H,6-13H2,1H3,(H,24,25);1H. The van der Waals surface area contributed by atoms with Crippen molar-refractivity contribution in [2.75, 3.05) is 20.1 Å². The van der Waals surface area contributed by atoms with E-state index in [0.717, 1.165) is 44.3 Å². The Morgan fingerprint density at radius 2 is 1.58 bits per heavy atom. The van der Waals surface area contributed by atoms with Crippen LogP contribution in [0.1, 0.15) is 60.4 Å². The minimum atomic E-state index is -0.707. The van der Waals surface area contributed by atoms with Gasteiger partial charge in [-0.15, -0.1) is 12.4 Å². The first-order valence-corrected chi connectivity index (χ1v) is 9.37. The summed E-state index contributed by atoms with van der Waals surface area (Å²) in [6, 6.07) is 8.22. The molecule has 0 atom stereocenters. The quantitative estimate of drug-likeness (QED) is 0.840. The Balaban J connectivity index is 0.00000243. The van der Waals surface area contributed by atoms with E-state index in [4.69, 9.17) is 5.11 Å². The highest BCUT2D eigenvalue weighted by atomic mass is 35.5. The van der Waals surface area contributed by atoms with Crippen LogP contribution < -0.4 is 5.32 Å². The molecule has 3 rings (SSSR count). The summed E-state index contributed by atoms with van der Waals surface area (Å²) in [5, 5.41) is 12.5. The Bertz CT molecular complexity index is 606. The van der Waals surface area contributed by atoms with Gasteiger partial charge in [-0.3, -0.25) is 9.59 Å². The summed E-state index contributed by atoms with van der Waals surface area (Å²) >= 11 is 0. The Kier molecular flexibility index (Phi) is 7.47. The van der Waals surface area contributed by atoms with Crippen LogP contribution in [0.15, 0.2) is 24.3 Å². The maximum atomic E-state index is 12.7. The molecule has 0 spiro atoms. The normalized spacial score (nSPS) is 23.7. The van der Waals surface area contributed by atoms with Gasteiger partial charge in [0.25, 0.3) is 5.91 Å². The molecule has 1 aliphatic heterocycles. The molecule has 2 N–H and O–H groups in total. The highest BCUT2D eigenvalue weighted by Crippen LogP contribution is 2.29. The average molecular weight is 381 g/mol. The smallest absolute Gasteiger partial charge is 0.306 e. The van der Waals surface area contributed by atoms with E-state index in [-0.39, 0.29) is 30.3 Å². The minimum Gasteiger partial charge on any atom is -0.481 e. The fourth-order valence-corrected chi connectivity index (χ4v) is 4.13. The molecule has 0 aromatic heterocycles. The van der Waals surface area contributed by atoms with Gasteiger partial charge in [-0.25, -0.2) is 0 Å². The molecular weight excluding hydrogens is 352 g/mol. The average Bonchev–Trinajstić information content (AvgIpc) is 2.67. The number of hydrogen-bond donors (Lipinski definition) is 2. The number of carboxylic acid groups (broad SMARTS) is 1. The molecule has 1 saturated carbocycles. The van der Waals surface area contributed by atoms with Crippen LogP contribution in [0.3, 0.4) is 0 Å². The predicted molar refractivity (Wildman–Crippen MR) is 104 cm³/mol. The molecule has 1 heterocycles. The van der Waals surface area contributed by atoms with Crippen molar-refractivity contribution >= 4 is 24.3 Å². The zero-order chi connectivity index (χ0) is 17.8. The van der Waals surface area contributed by atoms with E-state index < -0.39 is 5.97 Å². The van der Waals surface area contributed by atoms with Crippen molar-refractivity contribution in [1.82, 2.24) is 10.2 Å². The number of nitrogens with one attached hydrogen (secondary N) is 1. The molecule has 0 unspecified atom stereocenters. The molecule has 0 radical (unpaired) electrons. The molecule has 5 nitrogen and oxygen atoms in total. The summed E-state index contributed by atoms with van der Waals surface area (Å²) in [6.45, 7) is 2.13. The van der Waals surface area contributed by atoms with E-state index in [1.165, 1.54) is 5.56 Å².